The van der Waals surface area contributed by atoms with Gasteiger partial charge in [0.25, 0.3) is 0 Å². The summed E-state index contributed by atoms with van der Waals surface area (Å²) in [7, 11) is -1.38. The molecule has 0 bridgehead atoms. The molecular weight excluding hydrogens is 192 g/mol. The van der Waals surface area contributed by atoms with Crippen LogP contribution in [-0.2, 0) is 14.6 Å². The van der Waals surface area contributed by atoms with Gasteiger partial charge in [0, 0.05) is 12.9 Å². The highest BCUT2D eigenvalue weighted by Gasteiger charge is 2.09. The Bertz CT molecular complexity index is 210. The molecule has 0 saturated heterocycles. The molecule has 0 saturated carbocycles. The maximum absolute atomic E-state index is 11.0. The van der Waals surface area contributed by atoms with Crippen LogP contribution in [0.25, 0.3) is 0 Å². The zero-order chi connectivity index (χ0) is 10.3. The molecule has 4 nitrogen and oxygen atoms in total. The molecule has 1 unspecified atom stereocenters. The van der Waals surface area contributed by atoms with E-state index in [4.69, 9.17) is 4.74 Å². The van der Waals surface area contributed by atoms with Crippen molar-refractivity contribution < 1.29 is 18.3 Å². The Labute approximate surface area is 79.8 Å². The molecule has 0 aliphatic heterocycles. The first-order chi connectivity index (χ1) is 6.02. The van der Waals surface area contributed by atoms with E-state index in [0.29, 0.717) is 12.8 Å². The number of hydrogen-bond acceptors (Lipinski definition) is 4. The predicted molar refractivity (Wildman–Crippen MR) is 51.4 cm³/mol. The maximum atomic E-state index is 11.0. The molecule has 13 heavy (non-hydrogen) atoms. The molecule has 1 N–H and O–H groups in total. The summed E-state index contributed by atoms with van der Waals surface area (Å²) in [5.74, 6) is 0.331. The molecular formula is C8H18O4S. The van der Waals surface area contributed by atoms with Gasteiger partial charge in [-0.15, -0.1) is 0 Å². The van der Waals surface area contributed by atoms with Gasteiger partial charge in [0.1, 0.15) is 9.84 Å². The van der Waals surface area contributed by atoms with Gasteiger partial charge in [-0.3, -0.25) is 0 Å². The molecule has 0 radical (unpaired) electrons. The van der Waals surface area contributed by atoms with E-state index >= 15 is 0 Å². The van der Waals surface area contributed by atoms with Crippen LogP contribution in [0.3, 0.4) is 0 Å². The van der Waals surface area contributed by atoms with E-state index in [2.05, 4.69) is 0 Å². The van der Waals surface area contributed by atoms with Gasteiger partial charge in [-0.25, -0.2) is 8.42 Å². The molecule has 0 rings (SSSR count). The monoisotopic (exact) mass is 210 g/mol. The molecule has 1 atom stereocenters. The third-order valence-corrected chi connectivity index (χ3v) is 3.58. The van der Waals surface area contributed by atoms with Gasteiger partial charge in [-0.2, -0.15) is 0 Å². The van der Waals surface area contributed by atoms with Gasteiger partial charge >= 0.3 is 0 Å². The SMILES string of the molecule is CCS(=O)(=O)CCCC(O)COC. The minimum Gasteiger partial charge on any atom is -0.391 e. The normalized spacial score (nSPS) is 14.4. The van der Waals surface area contributed by atoms with Crippen molar-refractivity contribution in [3.8, 4) is 0 Å². The molecule has 0 aromatic heterocycles. The van der Waals surface area contributed by atoms with Crippen molar-refractivity contribution >= 4 is 9.84 Å². The second-order valence-electron chi connectivity index (χ2n) is 2.99. The fourth-order valence-corrected chi connectivity index (χ4v) is 1.85. The van der Waals surface area contributed by atoms with E-state index in [1.807, 2.05) is 0 Å². The maximum Gasteiger partial charge on any atom is 0.150 e. The number of sulfone groups is 1. The van der Waals surface area contributed by atoms with E-state index in [1.54, 1.807) is 6.92 Å². The van der Waals surface area contributed by atoms with Crippen LogP contribution in [0.5, 0.6) is 0 Å². The Morgan fingerprint density at radius 3 is 2.54 bits per heavy atom. The first-order valence-corrected chi connectivity index (χ1v) is 6.21. The van der Waals surface area contributed by atoms with Crippen LogP contribution in [0.1, 0.15) is 19.8 Å². The van der Waals surface area contributed by atoms with Gasteiger partial charge < -0.3 is 9.84 Å². The molecule has 0 fully saturated rings. The number of hydrogen-bond donors (Lipinski definition) is 1. The summed E-state index contributed by atoms with van der Waals surface area (Å²) in [5, 5.41) is 9.20. The molecule has 80 valence electrons. The van der Waals surface area contributed by atoms with Crippen molar-refractivity contribution in [2.45, 2.75) is 25.9 Å². The zero-order valence-electron chi connectivity index (χ0n) is 8.19. The van der Waals surface area contributed by atoms with E-state index < -0.39 is 15.9 Å². The number of aliphatic hydroxyl groups excluding tert-OH is 1. The Morgan fingerprint density at radius 2 is 2.08 bits per heavy atom. The first kappa shape index (κ1) is 12.9. The Hall–Kier alpha value is -0.130. The summed E-state index contributed by atoms with van der Waals surface area (Å²) in [5.41, 5.74) is 0. The molecule has 0 aromatic carbocycles. The number of methoxy groups -OCH3 is 1. The van der Waals surface area contributed by atoms with Crippen LogP contribution in [-0.4, -0.2) is 44.9 Å². The highest BCUT2D eigenvalue weighted by Crippen LogP contribution is 2.01. The molecule has 5 heteroatoms. The lowest BCUT2D eigenvalue weighted by Crippen LogP contribution is -2.16. The third-order valence-electron chi connectivity index (χ3n) is 1.79. The van der Waals surface area contributed by atoms with E-state index in [1.165, 1.54) is 7.11 Å². The van der Waals surface area contributed by atoms with Gasteiger partial charge in [0.05, 0.1) is 18.5 Å². The predicted octanol–water partition coefficient (Wildman–Crippen LogP) is 0.209. The number of rotatable bonds is 7. The third kappa shape index (κ3) is 6.98. The second kappa shape index (κ2) is 6.34. The van der Waals surface area contributed by atoms with Gasteiger partial charge in [0.15, 0.2) is 0 Å². The Morgan fingerprint density at radius 1 is 1.46 bits per heavy atom. The van der Waals surface area contributed by atoms with Gasteiger partial charge in [-0.1, -0.05) is 6.92 Å². The van der Waals surface area contributed by atoms with Crippen LogP contribution in [0.2, 0.25) is 0 Å². The fourth-order valence-electron chi connectivity index (χ4n) is 0.959. The van der Waals surface area contributed by atoms with Crippen molar-refractivity contribution in [1.82, 2.24) is 0 Å². The molecule has 0 spiro atoms. The van der Waals surface area contributed by atoms with Crippen LogP contribution in [0, 0.1) is 0 Å². The van der Waals surface area contributed by atoms with Gasteiger partial charge in [0.2, 0.25) is 0 Å². The fraction of sp³-hybridized carbons (Fsp3) is 1.00. The smallest absolute Gasteiger partial charge is 0.150 e. The lowest BCUT2D eigenvalue weighted by atomic mass is 10.2. The molecule has 0 amide bonds. The summed E-state index contributed by atoms with van der Waals surface area (Å²) in [6.07, 6.45) is 0.436. The summed E-state index contributed by atoms with van der Waals surface area (Å²) in [6, 6.07) is 0. The molecule has 0 aliphatic carbocycles. The second-order valence-corrected chi connectivity index (χ2v) is 5.46. The lowest BCUT2D eigenvalue weighted by molar-refractivity contribution is 0.0590. The first-order valence-electron chi connectivity index (χ1n) is 4.39. The summed E-state index contributed by atoms with van der Waals surface area (Å²) < 4.78 is 26.8. The highest BCUT2D eigenvalue weighted by atomic mass is 32.2. The van der Waals surface area contributed by atoms with Gasteiger partial charge in [-0.05, 0) is 12.8 Å². The average molecular weight is 210 g/mol. The van der Waals surface area contributed by atoms with Crippen molar-refractivity contribution in [3.05, 3.63) is 0 Å². The molecule has 0 heterocycles. The topological polar surface area (TPSA) is 63.6 Å². The Balaban J connectivity index is 3.56. The van der Waals surface area contributed by atoms with E-state index in [0.717, 1.165) is 0 Å². The van der Waals surface area contributed by atoms with Crippen molar-refractivity contribution in [3.63, 3.8) is 0 Å². The summed E-state index contributed by atoms with van der Waals surface area (Å²) >= 11 is 0. The van der Waals surface area contributed by atoms with E-state index in [-0.39, 0.29) is 18.1 Å². The Kier molecular flexibility index (Phi) is 6.28. The summed E-state index contributed by atoms with van der Waals surface area (Å²) in [6.45, 7) is 1.90. The van der Waals surface area contributed by atoms with Crippen molar-refractivity contribution in [2.24, 2.45) is 0 Å². The summed E-state index contributed by atoms with van der Waals surface area (Å²) in [4.78, 5) is 0. The minimum atomic E-state index is -2.88. The largest absolute Gasteiger partial charge is 0.391 e. The molecule has 0 aliphatic rings. The quantitative estimate of drug-likeness (QED) is 0.652. The standard InChI is InChI=1S/C8H18O4S/c1-3-13(10,11)6-4-5-8(9)7-12-2/h8-9H,3-7H2,1-2H3. The van der Waals surface area contributed by atoms with E-state index in [9.17, 15) is 13.5 Å². The van der Waals surface area contributed by atoms with Crippen LogP contribution < -0.4 is 0 Å². The zero-order valence-corrected chi connectivity index (χ0v) is 9.01. The minimum absolute atomic E-state index is 0.157. The van der Waals surface area contributed by atoms with Crippen LogP contribution in [0.4, 0.5) is 0 Å². The number of aliphatic hydroxyl groups is 1. The number of ether oxygens (including phenoxy) is 1. The average Bonchev–Trinajstić information content (AvgIpc) is 2.05. The lowest BCUT2D eigenvalue weighted by Gasteiger charge is -2.08. The highest BCUT2D eigenvalue weighted by molar-refractivity contribution is 7.91. The van der Waals surface area contributed by atoms with Crippen LogP contribution in [0.15, 0.2) is 0 Å². The van der Waals surface area contributed by atoms with Crippen LogP contribution >= 0.6 is 0 Å². The molecule has 0 aromatic rings. The van der Waals surface area contributed by atoms with Crippen molar-refractivity contribution in [1.29, 1.82) is 0 Å². The van der Waals surface area contributed by atoms with Crippen molar-refractivity contribution in [2.75, 3.05) is 25.2 Å².